The Hall–Kier alpha value is -1.32. The normalized spacial score (nSPS) is 16.9. The van der Waals surface area contributed by atoms with E-state index >= 15 is 0 Å². The molecule has 0 saturated carbocycles. The number of aliphatic carboxylic acids is 1. The number of fused-ring (bicyclic) bond motifs is 1. The van der Waals surface area contributed by atoms with Crippen LogP contribution in [0.1, 0.15) is 49.1 Å². The van der Waals surface area contributed by atoms with Crippen molar-refractivity contribution in [2.24, 2.45) is 7.05 Å². The van der Waals surface area contributed by atoms with Gasteiger partial charge < -0.3 is 5.11 Å². The Labute approximate surface area is 95.3 Å². The number of nitrogens with zero attached hydrogens (tertiary/aromatic N) is 2. The fourth-order valence-corrected chi connectivity index (χ4v) is 2.56. The first-order valence-electron chi connectivity index (χ1n) is 5.86. The topological polar surface area (TPSA) is 55.1 Å². The minimum Gasteiger partial charge on any atom is -0.481 e. The van der Waals surface area contributed by atoms with Gasteiger partial charge in [0.1, 0.15) is 0 Å². The van der Waals surface area contributed by atoms with E-state index in [0.29, 0.717) is 0 Å². The highest BCUT2D eigenvalue weighted by molar-refractivity contribution is 5.68. The van der Waals surface area contributed by atoms with E-state index in [1.54, 1.807) is 0 Å². The number of rotatable bonds is 3. The second kappa shape index (κ2) is 4.28. The molecule has 88 valence electrons. The second-order valence-corrected chi connectivity index (χ2v) is 4.64. The van der Waals surface area contributed by atoms with Crippen LogP contribution in [0.5, 0.6) is 0 Å². The smallest absolute Gasteiger partial charge is 0.304 e. The van der Waals surface area contributed by atoms with E-state index in [2.05, 4.69) is 5.10 Å². The molecule has 1 unspecified atom stereocenters. The lowest BCUT2D eigenvalue weighted by atomic mass is 9.91. The maximum absolute atomic E-state index is 10.7. The zero-order valence-corrected chi connectivity index (χ0v) is 9.86. The minimum atomic E-state index is -0.747. The molecule has 0 radical (unpaired) electrons. The number of carboxylic acids is 1. The lowest BCUT2D eigenvalue weighted by Crippen LogP contribution is -2.08. The van der Waals surface area contributed by atoms with Gasteiger partial charge in [-0.05, 0) is 31.2 Å². The van der Waals surface area contributed by atoms with Gasteiger partial charge in [-0.2, -0.15) is 5.10 Å². The first-order chi connectivity index (χ1) is 7.59. The number of aryl methyl sites for hydroxylation is 1. The highest BCUT2D eigenvalue weighted by Crippen LogP contribution is 2.29. The molecule has 4 nitrogen and oxygen atoms in total. The fraction of sp³-hybridized carbons (Fsp3) is 0.667. The fourth-order valence-electron chi connectivity index (χ4n) is 2.56. The van der Waals surface area contributed by atoms with Gasteiger partial charge in [-0.15, -0.1) is 0 Å². The Morgan fingerprint density at radius 3 is 2.88 bits per heavy atom. The van der Waals surface area contributed by atoms with Gasteiger partial charge in [0, 0.05) is 18.7 Å². The van der Waals surface area contributed by atoms with Crippen molar-refractivity contribution in [3.05, 3.63) is 17.0 Å². The highest BCUT2D eigenvalue weighted by Gasteiger charge is 2.23. The summed E-state index contributed by atoms with van der Waals surface area (Å²) >= 11 is 0. The van der Waals surface area contributed by atoms with E-state index in [0.717, 1.165) is 18.5 Å². The van der Waals surface area contributed by atoms with Crippen molar-refractivity contribution in [1.29, 1.82) is 0 Å². The molecule has 1 heterocycles. The van der Waals surface area contributed by atoms with Crippen LogP contribution in [0.4, 0.5) is 0 Å². The van der Waals surface area contributed by atoms with Crippen LogP contribution in [0.15, 0.2) is 0 Å². The van der Waals surface area contributed by atoms with Gasteiger partial charge in [0.25, 0.3) is 0 Å². The van der Waals surface area contributed by atoms with E-state index in [-0.39, 0.29) is 12.3 Å². The van der Waals surface area contributed by atoms with Crippen molar-refractivity contribution < 1.29 is 9.90 Å². The van der Waals surface area contributed by atoms with Crippen molar-refractivity contribution in [3.63, 3.8) is 0 Å². The summed E-state index contributed by atoms with van der Waals surface area (Å²) in [5.41, 5.74) is 3.61. The predicted molar refractivity (Wildman–Crippen MR) is 60.5 cm³/mol. The van der Waals surface area contributed by atoms with Crippen molar-refractivity contribution in [3.8, 4) is 0 Å². The van der Waals surface area contributed by atoms with Gasteiger partial charge in [0.05, 0.1) is 12.1 Å². The number of hydrogen-bond acceptors (Lipinski definition) is 2. The zero-order chi connectivity index (χ0) is 11.7. The molecule has 0 amide bonds. The first kappa shape index (κ1) is 11.2. The lowest BCUT2D eigenvalue weighted by Gasteiger charge is -2.14. The second-order valence-electron chi connectivity index (χ2n) is 4.64. The number of aromatic nitrogens is 2. The third-order valence-corrected chi connectivity index (χ3v) is 3.34. The minimum absolute atomic E-state index is 0.0190. The molecule has 1 aliphatic rings. The molecule has 0 spiro atoms. The Bertz CT molecular complexity index is 409. The average molecular weight is 222 g/mol. The highest BCUT2D eigenvalue weighted by atomic mass is 16.4. The van der Waals surface area contributed by atoms with E-state index < -0.39 is 5.97 Å². The van der Waals surface area contributed by atoms with E-state index in [9.17, 15) is 4.79 Å². The van der Waals surface area contributed by atoms with Crippen molar-refractivity contribution in [2.75, 3.05) is 0 Å². The van der Waals surface area contributed by atoms with Gasteiger partial charge >= 0.3 is 5.97 Å². The Balaban J connectivity index is 2.30. The molecule has 1 atom stereocenters. The molecule has 1 N–H and O–H groups in total. The quantitative estimate of drug-likeness (QED) is 0.849. The zero-order valence-electron chi connectivity index (χ0n) is 9.86. The van der Waals surface area contributed by atoms with Crippen LogP contribution < -0.4 is 0 Å². The van der Waals surface area contributed by atoms with Crippen molar-refractivity contribution in [2.45, 2.75) is 44.9 Å². The maximum atomic E-state index is 10.7. The maximum Gasteiger partial charge on any atom is 0.304 e. The number of carbonyl (C=O) groups is 1. The molecule has 16 heavy (non-hydrogen) atoms. The lowest BCUT2D eigenvalue weighted by molar-refractivity contribution is -0.137. The predicted octanol–water partition coefficient (Wildman–Crippen LogP) is 1.88. The first-order valence-corrected chi connectivity index (χ1v) is 5.86. The molecular weight excluding hydrogens is 204 g/mol. The third-order valence-electron chi connectivity index (χ3n) is 3.34. The van der Waals surface area contributed by atoms with Crippen LogP contribution in [0.25, 0.3) is 0 Å². The summed E-state index contributed by atoms with van der Waals surface area (Å²) in [5.74, 6) is -0.728. The Morgan fingerprint density at radius 1 is 1.50 bits per heavy atom. The van der Waals surface area contributed by atoms with Gasteiger partial charge in [0.2, 0.25) is 0 Å². The molecule has 0 saturated heterocycles. The van der Waals surface area contributed by atoms with Gasteiger partial charge in [0.15, 0.2) is 0 Å². The monoisotopic (exact) mass is 222 g/mol. The summed E-state index contributed by atoms with van der Waals surface area (Å²) in [6.45, 7) is 1.95. The van der Waals surface area contributed by atoms with Crippen LogP contribution in [0.3, 0.4) is 0 Å². The molecule has 4 heteroatoms. The van der Waals surface area contributed by atoms with Crippen LogP contribution in [0.2, 0.25) is 0 Å². The van der Waals surface area contributed by atoms with Gasteiger partial charge in [-0.3, -0.25) is 9.48 Å². The number of carboxylic acid groups (broad SMARTS) is 1. The van der Waals surface area contributed by atoms with Crippen molar-refractivity contribution >= 4 is 5.97 Å². The Morgan fingerprint density at radius 2 is 2.19 bits per heavy atom. The van der Waals surface area contributed by atoms with E-state index in [1.807, 2.05) is 18.7 Å². The van der Waals surface area contributed by atoms with Crippen LogP contribution in [-0.4, -0.2) is 20.9 Å². The van der Waals surface area contributed by atoms with Crippen LogP contribution in [0, 0.1) is 0 Å². The third kappa shape index (κ3) is 1.96. The average Bonchev–Trinajstić information content (AvgIpc) is 2.56. The summed E-state index contributed by atoms with van der Waals surface area (Å²) in [4.78, 5) is 10.7. The van der Waals surface area contributed by atoms with Crippen molar-refractivity contribution in [1.82, 2.24) is 9.78 Å². The molecule has 0 aromatic carbocycles. The summed E-state index contributed by atoms with van der Waals surface area (Å²) in [5, 5.41) is 13.3. The van der Waals surface area contributed by atoms with Crippen LogP contribution in [-0.2, 0) is 24.7 Å². The molecule has 1 aromatic heterocycles. The molecule has 1 aromatic rings. The number of hydrogen-bond donors (Lipinski definition) is 1. The largest absolute Gasteiger partial charge is 0.481 e. The molecule has 0 aliphatic heterocycles. The Kier molecular flexibility index (Phi) is 2.99. The summed E-state index contributed by atoms with van der Waals surface area (Å²) in [7, 11) is 1.96. The molecule has 2 rings (SSSR count). The van der Waals surface area contributed by atoms with E-state index in [4.69, 9.17) is 5.11 Å². The molecule has 0 fully saturated rings. The molecule has 0 bridgehead atoms. The summed E-state index contributed by atoms with van der Waals surface area (Å²) < 4.78 is 1.93. The van der Waals surface area contributed by atoms with Gasteiger partial charge in [-0.1, -0.05) is 6.92 Å². The summed E-state index contributed by atoms with van der Waals surface area (Å²) in [6.07, 6.45) is 4.73. The SMILES string of the molecule is CC(CC(=O)O)c1nn(C)c2c1CCCC2. The standard InChI is InChI=1S/C12H18N2O2/c1-8(7-11(15)16)12-9-5-3-4-6-10(9)14(2)13-12/h8H,3-7H2,1-2H3,(H,15,16). The van der Waals surface area contributed by atoms with Crippen LogP contribution >= 0.6 is 0 Å². The van der Waals surface area contributed by atoms with Gasteiger partial charge in [-0.25, -0.2) is 0 Å². The summed E-state index contributed by atoms with van der Waals surface area (Å²) in [6, 6.07) is 0. The van der Waals surface area contributed by atoms with E-state index in [1.165, 1.54) is 24.1 Å². The molecule has 1 aliphatic carbocycles. The molecular formula is C12H18N2O2.